The maximum Gasteiger partial charge on any atom is 0.339 e. The number of aliphatic hydroxyl groups excluding tert-OH is 1. The number of aromatic carboxylic acids is 1. The van der Waals surface area contributed by atoms with Crippen molar-refractivity contribution in [3.8, 4) is 0 Å². The molecule has 0 saturated carbocycles. The number of carboxylic acids is 1. The van der Waals surface area contributed by atoms with E-state index in [1.54, 1.807) is 0 Å². The number of pyridine rings is 1. The molecule has 0 aliphatic carbocycles. The molecule has 0 fully saturated rings. The van der Waals surface area contributed by atoms with Gasteiger partial charge in [0.15, 0.2) is 0 Å². The number of para-hydroxylation sites is 1. The lowest BCUT2D eigenvalue weighted by molar-refractivity contribution is 0.0697. The van der Waals surface area contributed by atoms with E-state index in [4.69, 9.17) is 0 Å². The number of aromatic nitrogens is 1. The minimum Gasteiger partial charge on any atom is -0.478 e. The summed E-state index contributed by atoms with van der Waals surface area (Å²) in [5.74, 6) is -0.649. The first-order chi connectivity index (χ1) is 9.99. The Hall–Kier alpha value is -2.14. The van der Waals surface area contributed by atoms with Crippen molar-refractivity contribution in [2.45, 2.75) is 26.4 Å². The number of fused-ring (bicyclic) bond motifs is 1. The number of anilines is 1. The summed E-state index contributed by atoms with van der Waals surface area (Å²) in [6.45, 7) is 4.38. The van der Waals surface area contributed by atoms with E-state index >= 15 is 0 Å². The lowest BCUT2D eigenvalue weighted by Gasteiger charge is -2.17. The Morgan fingerprint density at radius 2 is 2.05 bits per heavy atom. The molecule has 1 aromatic heterocycles. The van der Waals surface area contributed by atoms with Gasteiger partial charge in [0.2, 0.25) is 0 Å². The molecular formula is C16H20N2O3. The zero-order valence-corrected chi connectivity index (χ0v) is 12.2. The molecule has 0 amide bonds. The van der Waals surface area contributed by atoms with E-state index in [2.05, 4.69) is 10.3 Å². The monoisotopic (exact) mass is 288 g/mol. The van der Waals surface area contributed by atoms with Crippen LogP contribution in [0.1, 0.15) is 30.6 Å². The number of carbonyl (C=O) groups is 1. The fourth-order valence-electron chi connectivity index (χ4n) is 2.34. The van der Waals surface area contributed by atoms with E-state index < -0.39 is 12.1 Å². The average Bonchev–Trinajstić information content (AvgIpc) is 2.43. The Kier molecular flexibility index (Phi) is 4.75. The maximum atomic E-state index is 11.3. The Bertz CT molecular complexity index is 640. The molecule has 112 valence electrons. The van der Waals surface area contributed by atoms with Crippen molar-refractivity contribution in [3.05, 3.63) is 36.0 Å². The first-order valence-electron chi connectivity index (χ1n) is 7.02. The minimum atomic E-state index is -1.03. The van der Waals surface area contributed by atoms with Crippen LogP contribution in [0.25, 0.3) is 10.9 Å². The Morgan fingerprint density at radius 3 is 2.71 bits per heavy atom. The highest BCUT2D eigenvalue weighted by atomic mass is 16.4. The number of rotatable bonds is 6. The van der Waals surface area contributed by atoms with Crippen molar-refractivity contribution in [2.24, 2.45) is 5.92 Å². The average molecular weight is 288 g/mol. The summed E-state index contributed by atoms with van der Waals surface area (Å²) in [6.07, 6.45) is 1.50. The van der Waals surface area contributed by atoms with Crippen molar-refractivity contribution < 1.29 is 15.0 Å². The zero-order chi connectivity index (χ0) is 15.4. The van der Waals surface area contributed by atoms with Gasteiger partial charge in [-0.2, -0.15) is 0 Å². The molecule has 0 bridgehead atoms. The Labute approximate surface area is 123 Å². The Balaban J connectivity index is 2.31. The van der Waals surface area contributed by atoms with E-state index in [-0.39, 0.29) is 5.56 Å². The van der Waals surface area contributed by atoms with Crippen LogP contribution in [0, 0.1) is 5.92 Å². The van der Waals surface area contributed by atoms with Gasteiger partial charge in [0.25, 0.3) is 0 Å². The molecule has 1 unspecified atom stereocenters. The second-order valence-corrected chi connectivity index (χ2v) is 5.53. The second kappa shape index (κ2) is 6.54. The van der Waals surface area contributed by atoms with Crippen molar-refractivity contribution in [1.29, 1.82) is 0 Å². The molecule has 21 heavy (non-hydrogen) atoms. The van der Waals surface area contributed by atoms with Gasteiger partial charge in [-0.3, -0.25) is 4.98 Å². The van der Waals surface area contributed by atoms with Crippen LogP contribution >= 0.6 is 0 Å². The van der Waals surface area contributed by atoms with Crippen molar-refractivity contribution in [3.63, 3.8) is 0 Å². The van der Waals surface area contributed by atoms with E-state index in [1.807, 2.05) is 38.1 Å². The third-order valence-corrected chi connectivity index (χ3v) is 3.26. The van der Waals surface area contributed by atoms with Gasteiger partial charge in [0.1, 0.15) is 5.56 Å². The molecule has 0 aliphatic heterocycles. The normalized spacial score (nSPS) is 12.6. The molecule has 0 saturated heterocycles. The van der Waals surface area contributed by atoms with E-state index in [0.29, 0.717) is 24.6 Å². The molecule has 0 radical (unpaired) electrons. The summed E-state index contributed by atoms with van der Waals surface area (Å²) in [5, 5.41) is 23.1. The zero-order valence-electron chi connectivity index (χ0n) is 12.2. The highest BCUT2D eigenvalue weighted by Gasteiger charge is 2.15. The number of hydrogen-bond donors (Lipinski definition) is 3. The number of nitrogens with one attached hydrogen (secondary N) is 1. The third kappa shape index (κ3) is 3.70. The third-order valence-electron chi connectivity index (χ3n) is 3.26. The van der Waals surface area contributed by atoms with Gasteiger partial charge in [-0.1, -0.05) is 32.0 Å². The van der Waals surface area contributed by atoms with Crippen LogP contribution < -0.4 is 5.32 Å². The molecule has 5 heteroatoms. The first-order valence-corrected chi connectivity index (χ1v) is 7.02. The number of benzene rings is 1. The molecule has 1 heterocycles. The fraction of sp³-hybridized carbons (Fsp3) is 0.375. The number of aliphatic hydroxyl groups is 1. The predicted molar refractivity (Wildman–Crippen MR) is 82.7 cm³/mol. The van der Waals surface area contributed by atoms with Crippen LogP contribution in [-0.2, 0) is 0 Å². The van der Waals surface area contributed by atoms with Crippen molar-refractivity contribution in [1.82, 2.24) is 4.98 Å². The molecular weight excluding hydrogens is 268 g/mol. The SMILES string of the molecule is CC(C)CC(O)CNc1c(C(=O)O)cnc2ccccc12. The number of hydrogen-bond acceptors (Lipinski definition) is 4. The van der Waals surface area contributed by atoms with Crippen molar-refractivity contribution in [2.75, 3.05) is 11.9 Å². The smallest absolute Gasteiger partial charge is 0.339 e. The van der Waals surface area contributed by atoms with Gasteiger partial charge in [0, 0.05) is 18.1 Å². The van der Waals surface area contributed by atoms with E-state index in [0.717, 1.165) is 10.9 Å². The molecule has 2 rings (SSSR count). The summed E-state index contributed by atoms with van der Waals surface area (Å²) >= 11 is 0. The number of nitrogens with zero attached hydrogens (tertiary/aromatic N) is 1. The molecule has 0 aliphatic rings. The molecule has 2 aromatic rings. The van der Waals surface area contributed by atoms with Gasteiger partial charge in [-0.25, -0.2) is 4.79 Å². The van der Waals surface area contributed by atoms with Gasteiger partial charge < -0.3 is 15.5 Å². The van der Waals surface area contributed by atoms with Crippen LogP contribution in [0.5, 0.6) is 0 Å². The fourth-order valence-corrected chi connectivity index (χ4v) is 2.34. The van der Waals surface area contributed by atoms with Gasteiger partial charge >= 0.3 is 5.97 Å². The standard InChI is InChI=1S/C16H20N2O3/c1-10(2)7-11(19)8-18-15-12-5-3-4-6-14(12)17-9-13(15)16(20)21/h3-6,9-11,19H,7-8H2,1-2H3,(H,17,18)(H,20,21). The second-order valence-electron chi connectivity index (χ2n) is 5.53. The summed E-state index contributed by atoms with van der Waals surface area (Å²) in [4.78, 5) is 15.5. The lowest BCUT2D eigenvalue weighted by atomic mass is 10.1. The molecule has 0 spiro atoms. The predicted octanol–water partition coefficient (Wildman–Crippen LogP) is 2.75. The highest BCUT2D eigenvalue weighted by Crippen LogP contribution is 2.26. The van der Waals surface area contributed by atoms with Crippen LogP contribution in [0.3, 0.4) is 0 Å². The van der Waals surface area contributed by atoms with Gasteiger partial charge in [0.05, 0.1) is 17.3 Å². The molecule has 1 atom stereocenters. The van der Waals surface area contributed by atoms with Gasteiger partial charge in [-0.15, -0.1) is 0 Å². The minimum absolute atomic E-state index is 0.116. The van der Waals surface area contributed by atoms with E-state index in [9.17, 15) is 15.0 Å². The molecule has 1 aromatic carbocycles. The van der Waals surface area contributed by atoms with Crippen LogP contribution in [-0.4, -0.2) is 33.8 Å². The van der Waals surface area contributed by atoms with Crippen LogP contribution in [0.4, 0.5) is 5.69 Å². The largest absolute Gasteiger partial charge is 0.478 e. The Morgan fingerprint density at radius 1 is 1.33 bits per heavy atom. The lowest BCUT2D eigenvalue weighted by Crippen LogP contribution is -2.22. The summed E-state index contributed by atoms with van der Waals surface area (Å²) in [5.41, 5.74) is 1.35. The molecule has 5 nitrogen and oxygen atoms in total. The maximum absolute atomic E-state index is 11.3. The molecule has 3 N–H and O–H groups in total. The summed E-state index contributed by atoms with van der Waals surface area (Å²) < 4.78 is 0. The van der Waals surface area contributed by atoms with Gasteiger partial charge in [-0.05, 0) is 18.4 Å². The topological polar surface area (TPSA) is 82.5 Å². The quantitative estimate of drug-likeness (QED) is 0.761. The summed E-state index contributed by atoms with van der Waals surface area (Å²) in [6, 6.07) is 7.35. The highest BCUT2D eigenvalue weighted by molar-refractivity contribution is 6.04. The number of carboxylic acid groups (broad SMARTS) is 1. The van der Waals surface area contributed by atoms with Crippen molar-refractivity contribution >= 4 is 22.6 Å². The first kappa shape index (κ1) is 15.3. The summed E-state index contributed by atoms with van der Waals surface area (Å²) in [7, 11) is 0. The van der Waals surface area contributed by atoms with Crippen LogP contribution in [0.15, 0.2) is 30.5 Å². The van der Waals surface area contributed by atoms with E-state index in [1.165, 1.54) is 6.20 Å². The van der Waals surface area contributed by atoms with Crippen LogP contribution in [0.2, 0.25) is 0 Å².